The van der Waals surface area contributed by atoms with E-state index < -0.39 is 0 Å². The van der Waals surface area contributed by atoms with Crippen LogP contribution in [0, 0.1) is 6.92 Å². The van der Waals surface area contributed by atoms with Gasteiger partial charge in [0.1, 0.15) is 0 Å². The van der Waals surface area contributed by atoms with Crippen LogP contribution in [0.2, 0.25) is 0 Å². The van der Waals surface area contributed by atoms with Crippen LogP contribution >= 0.6 is 24.2 Å². The van der Waals surface area contributed by atoms with E-state index >= 15 is 0 Å². The summed E-state index contributed by atoms with van der Waals surface area (Å²) in [5.74, 6) is 0.337. The van der Waals surface area contributed by atoms with Crippen molar-refractivity contribution in [3.63, 3.8) is 0 Å². The quantitative estimate of drug-likeness (QED) is 0.895. The number of hydrogen-bond acceptors (Lipinski definition) is 3. The number of thioether (sulfide) groups is 1. The van der Waals surface area contributed by atoms with Gasteiger partial charge >= 0.3 is 0 Å². The Morgan fingerprint density at radius 3 is 2.48 bits per heavy atom. The van der Waals surface area contributed by atoms with Gasteiger partial charge in [0, 0.05) is 24.5 Å². The summed E-state index contributed by atoms with van der Waals surface area (Å²) in [4.78, 5) is 16.4. The molecule has 1 heterocycles. The van der Waals surface area contributed by atoms with Crippen LogP contribution < -0.4 is 5.32 Å². The number of halogens is 1. The molecule has 128 valence electrons. The lowest BCUT2D eigenvalue weighted by Gasteiger charge is -2.34. The highest BCUT2D eigenvalue weighted by molar-refractivity contribution is 8.01. The van der Waals surface area contributed by atoms with Gasteiger partial charge in [-0.25, -0.2) is 0 Å². The Hall–Kier alpha value is -0.710. The monoisotopic (exact) mass is 354 g/mol. The molecule has 0 aromatic heterocycles. The van der Waals surface area contributed by atoms with Gasteiger partial charge in [-0.15, -0.1) is 24.2 Å². The van der Waals surface area contributed by atoms with Crippen molar-refractivity contribution in [2.75, 3.05) is 20.1 Å². The molecule has 3 nitrogen and oxygen atoms in total. The van der Waals surface area contributed by atoms with Crippen LogP contribution in [-0.2, 0) is 4.79 Å². The second-order valence-corrected chi connectivity index (χ2v) is 8.14. The highest BCUT2D eigenvalue weighted by Gasteiger charge is 2.45. The van der Waals surface area contributed by atoms with E-state index in [2.05, 4.69) is 36.5 Å². The Morgan fingerprint density at radius 2 is 1.91 bits per heavy atom. The molecule has 1 aromatic rings. The van der Waals surface area contributed by atoms with E-state index in [0.717, 1.165) is 32.4 Å². The lowest BCUT2D eigenvalue weighted by molar-refractivity contribution is -0.134. The Balaban J connectivity index is 0.00000192. The minimum Gasteiger partial charge on any atom is -0.340 e. The van der Waals surface area contributed by atoms with Gasteiger partial charge in [-0.3, -0.25) is 4.79 Å². The molecule has 1 saturated carbocycles. The lowest BCUT2D eigenvalue weighted by Crippen LogP contribution is -2.48. The Bertz CT molecular complexity index is 522. The molecule has 1 N–H and O–H groups in total. The minimum absolute atomic E-state index is 0. The van der Waals surface area contributed by atoms with Crippen LogP contribution in [0.25, 0.3) is 0 Å². The Labute approximate surface area is 150 Å². The molecule has 2 fully saturated rings. The van der Waals surface area contributed by atoms with Crippen molar-refractivity contribution in [3.8, 4) is 0 Å². The zero-order chi connectivity index (χ0) is 15.6. The molecule has 1 aromatic carbocycles. The number of rotatable bonds is 4. The van der Waals surface area contributed by atoms with Crippen LogP contribution in [0.3, 0.4) is 0 Å². The highest BCUT2D eigenvalue weighted by Crippen LogP contribution is 2.46. The maximum absolute atomic E-state index is 13.2. The van der Waals surface area contributed by atoms with E-state index in [1.165, 1.54) is 23.3 Å². The molecule has 2 aliphatic rings. The molecular formula is C18H27ClN2OS. The predicted octanol–water partition coefficient (Wildman–Crippen LogP) is 3.64. The zero-order valence-electron chi connectivity index (χ0n) is 14.0. The van der Waals surface area contributed by atoms with E-state index in [1.807, 2.05) is 11.9 Å². The van der Waals surface area contributed by atoms with Crippen molar-refractivity contribution in [1.82, 2.24) is 10.2 Å². The van der Waals surface area contributed by atoms with Gasteiger partial charge in [-0.05, 0) is 44.9 Å². The average molecular weight is 355 g/mol. The third-order valence-corrected chi connectivity index (χ3v) is 6.52. The number of nitrogens with zero attached hydrogens (tertiary/aromatic N) is 1. The van der Waals surface area contributed by atoms with Crippen LogP contribution in [-0.4, -0.2) is 41.7 Å². The number of aryl methyl sites for hydroxylation is 1. The maximum Gasteiger partial charge on any atom is 0.239 e. The Kier molecular flexibility index (Phi) is 6.40. The van der Waals surface area contributed by atoms with E-state index in [1.54, 1.807) is 11.8 Å². The molecule has 1 amide bonds. The van der Waals surface area contributed by atoms with Crippen molar-refractivity contribution < 1.29 is 4.79 Å². The second-order valence-electron chi connectivity index (χ2n) is 6.68. The molecule has 23 heavy (non-hydrogen) atoms. The lowest BCUT2D eigenvalue weighted by atomic mass is 10.0. The van der Waals surface area contributed by atoms with Gasteiger partial charge < -0.3 is 10.2 Å². The smallest absolute Gasteiger partial charge is 0.239 e. The normalized spacial score (nSPS) is 22.6. The van der Waals surface area contributed by atoms with Crippen molar-refractivity contribution >= 4 is 30.1 Å². The SMILES string of the molecule is Cc1ccc(SC2(C(=O)N(C)C3CCNC3)CCCC2)cc1.Cl. The first-order chi connectivity index (χ1) is 10.6. The van der Waals surface area contributed by atoms with Crippen LogP contribution in [0.4, 0.5) is 0 Å². The van der Waals surface area contributed by atoms with Crippen molar-refractivity contribution in [2.24, 2.45) is 0 Å². The largest absolute Gasteiger partial charge is 0.340 e. The van der Waals surface area contributed by atoms with Crippen molar-refractivity contribution in [2.45, 2.75) is 54.7 Å². The first-order valence-electron chi connectivity index (χ1n) is 8.34. The van der Waals surface area contributed by atoms with Gasteiger partial charge in [0.2, 0.25) is 5.91 Å². The van der Waals surface area contributed by atoms with E-state index in [9.17, 15) is 4.79 Å². The molecule has 3 rings (SSSR count). The van der Waals surface area contributed by atoms with Gasteiger partial charge in [-0.2, -0.15) is 0 Å². The summed E-state index contributed by atoms with van der Waals surface area (Å²) in [7, 11) is 2.00. The molecule has 0 bridgehead atoms. The maximum atomic E-state index is 13.2. The number of hydrogen-bond donors (Lipinski definition) is 1. The van der Waals surface area contributed by atoms with Gasteiger partial charge in [0.15, 0.2) is 0 Å². The van der Waals surface area contributed by atoms with E-state index in [4.69, 9.17) is 0 Å². The fourth-order valence-electron chi connectivity index (χ4n) is 3.59. The summed E-state index contributed by atoms with van der Waals surface area (Å²) in [6.45, 7) is 4.07. The van der Waals surface area contributed by atoms with E-state index in [-0.39, 0.29) is 17.2 Å². The fourth-order valence-corrected chi connectivity index (χ4v) is 5.04. The third kappa shape index (κ3) is 4.04. The molecule has 1 atom stereocenters. The number of benzene rings is 1. The Morgan fingerprint density at radius 1 is 1.26 bits per heavy atom. The molecule has 5 heteroatoms. The summed E-state index contributed by atoms with van der Waals surface area (Å²) in [6.07, 6.45) is 5.43. The number of carbonyl (C=O) groups excluding carboxylic acids is 1. The van der Waals surface area contributed by atoms with Gasteiger partial charge in [0.05, 0.1) is 4.75 Å². The summed E-state index contributed by atoms with van der Waals surface area (Å²) < 4.78 is -0.243. The number of likely N-dealkylation sites (N-methyl/N-ethyl adjacent to an activating group) is 1. The van der Waals surface area contributed by atoms with Crippen LogP contribution in [0.1, 0.15) is 37.7 Å². The fraction of sp³-hybridized carbons (Fsp3) is 0.611. The molecule has 1 aliphatic carbocycles. The van der Waals surface area contributed by atoms with Crippen molar-refractivity contribution in [1.29, 1.82) is 0 Å². The standard InChI is InChI=1S/C18H26N2OS.ClH/c1-14-5-7-16(8-6-14)22-18(10-3-4-11-18)17(21)20(2)15-9-12-19-13-15;/h5-8,15,19H,3-4,9-13H2,1-2H3;1H. The highest BCUT2D eigenvalue weighted by atomic mass is 35.5. The predicted molar refractivity (Wildman–Crippen MR) is 99.5 cm³/mol. The minimum atomic E-state index is -0.243. The van der Waals surface area contributed by atoms with Gasteiger partial charge in [-0.1, -0.05) is 30.5 Å². The number of nitrogens with one attached hydrogen (secondary N) is 1. The van der Waals surface area contributed by atoms with Crippen LogP contribution in [0.15, 0.2) is 29.2 Å². The molecule has 1 saturated heterocycles. The summed E-state index contributed by atoms with van der Waals surface area (Å²) in [5, 5.41) is 3.37. The van der Waals surface area contributed by atoms with Crippen molar-refractivity contribution in [3.05, 3.63) is 29.8 Å². The number of amides is 1. The molecule has 0 spiro atoms. The molecule has 1 aliphatic heterocycles. The molecule has 0 radical (unpaired) electrons. The zero-order valence-corrected chi connectivity index (χ0v) is 15.6. The second kappa shape index (κ2) is 7.91. The van der Waals surface area contributed by atoms with Gasteiger partial charge in [0.25, 0.3) is 0 Å². The first kappa shape index (κ1) is 18.6. The topological polar surface area (TPSA) is 32.3 Å². The number of carbonyl (C=O) groups is 1. The molecular weight excluding hydrogens is 328 g/mol. The summed E-state index contributed by atoms with van der Waals surface area (Å²) in [6, 6.07) is 8.96. The molecule has 1 unspecified atom stereocenters. The summed E-state index contributed by atoms with van der Waals surface area (Å²) >= 11 is 1.79. The summed E-state index contributed by atoms with van der Waals surface area (Å²) in [5.41, 5.74) is 1.27. The van der Waals surface area contributed by atoms with Crippen LogP contribution in [0.5, 0.6) is 0 Å². The van der Waals surface area contributed by atoms with E-state index in [0.29, 0.717) is 11.9 Å². The average Bonchev–Trinajstić information content (AvgIpc) is 3.20. The third-order valence-electron chi connectivity index (χ3n) is 5.04. The first-order valence-corrected chi connectivity index (χ1v) is 9.16.